The minimum absolute atomic E-state index is 0.0369. The lowest BCUT2D eigenvalue weighted by Gasteiger charge is -2.31. The molecule has 0 unspecified atom stereocenters. The first kappa shape index (κ1) is 16.7. The summed E-state index contributed by atoms with van der Waals surface area (Å²) < 4.78 is 27.1. The van der Waals surface area contributed by atoms with Crippen LogP contribution in [0.2, 0.25) is 4.34 Å². The fraction of sp³-hybridized carbons (Fsp3) is 0.583. The molecule has 2 heterocycles. The predicted octanol–water partition coefficient (Wildman–Crippen LogP) is -0.573. The van der Waals surface area contributed by atoms with Crippen molar-refractivity contribution in [1.29, 1.82) is 0 Å². The summed E-state index contributed by atoms with van der Waals surface area (Å²) in [6.45, 7) is 5.42. The highest BCUT2D eigenvalue weighted by Crippen LogP contribution is 2.27. The standard InChI is InChI=1S/C12H18ClN3O3S2/c1-10(17)14-4-5-15-6-8-16(9-7-15)21(18,19)12-3-2-11(13)20-12/h2-3H,4-9H2,1H3,(H,14,17)/p+1. The topological polar surface area (TPSA) is 70.9 Å². The number of carbonyl (C=O) groups is 1. The van der Waals surface area contributed by atoms with Gasteiger partial charge in [-0.3, -0.25) is 4.79 Å². The van der Waals surface area contributed by atoms with E-state index in [2.05, 4.69) is 5.32 Å². The molecule has 0 bridgehead atoms. The van der Waals surface area contributed by atoms with E-state index in [1.54, 1.807) is 12.1 Å². The number of nitrogens with one attached hydrogen (secondary N) is 2. The molecule has 9 heteroatoms. The fourth-order valence-electron chi connectivity index (χ4n) is 2.27. The Morgan fingerprint density at radius 1 is 1.43 bits per heavy atom. The molecule has 2 rings (SSSR count). The lowest BCUT2D eigenvalue weighted by molar-refractivity contribution is -0.902. The average Bonchev–Trinajstić information content (AvgIpc) is 2.86. The van der Waals surface area contributed by atoms with Gasteiger partial charge in [0.2, 0.25) is 5.91 Å². The molecule has 21 heavy (non-hydrogen) atoms. The lowest BCUT2D eigenvalue weighted by atomic mass is 10.3. The number of sulfonamides is 1. The van der Waals surface area contributed by atoms with Crippen LogP contribution in [0.25, 0.3) is 0 Å². The monoisotopic (exact) mass is 352 g/mol. The highest BCUT2D eigenvalue weighted by Gasteiger charge is 2.31. The van der Waals surface area contributed by atoms with Crippen LogP contribution in [0.4, 0.5) is 0 Å². The van der Waals surface area contributed by atoms with Gasteiger partial charge in [-0.15, -0.1) is 11.3 Å². The molecule has 0 saturated carbocycles. The maximum Gasteiger partial charge on any atom is 0.253 e. The number of hydrogen-bond acceptors (Lipinski definition) is 4. The molecule has 0 spiro atoms. The van der Waals surface area contributed by atoms with Crippen LogP contribution < -0.4 is 10.2 Å². The van der Waals surface area contributed by atoms with Crippen LogP contribution in [0.3, 0.4) is 0 Å². The zero-order chi connectivity index (χ0) is 15.5. The molecule has 1 aromatic rings. The summed E-state index contributed by atoms with van der Waals surface area (Å²) in [4.78, 5) is 12.1. The first-order valence-electron chi connectivity index (χ1n) is 6.73. The number of hydrogen-bond donors (Lipinski definition) is 2. The van der Waals surface area contributed by atoms with Gasteiger partial charge in [-0.25, -0.2) is 8.42 Å². The molecule has 1 aliphatic heterocycles. The Balaban J connectivity index is 1.87. The van der Waals surface area contributed by atoms with Crippen LogP contribution in [0.5, 0.6) is 0 Å². The highest BCUT2D eigenvalue weighted by atomic mass is 35.5. The molecule has 0 aromatic carbocycles. The molecule has 0 aliphatic carbocycles. The van der Waals surface area contributed by atoms with Crippen molar-refractivity contribution in [2.45, 2.75) is 11.1 Å². The molecule has 1 aliphatic rings. The van der Waals surface area contributed by atoms with Crippen molar-refractivity contribution in [3.05, 3.63) is 16.5 Å². The van der Waals surface area contributed by atoms with Gasteiger partial charge in [0.05, 0.1) is 43.6 Å². The Labute approximate surface area is 133 Å². The van der Waals surface area contributed by atoms with E-state index in [9.17, 15) is 13.2 Å². The molecule has 1 amide bonds. The zero-order valence-electron chi connectivity index (χ0n) is 11.8. The molecule has 2 N–H and O–H groups in total. The Hall–Kier alpha value is -0.670. The summed E-state index contributed by atoms with van der Waals surface area (Å²) in [7, 11) is -3.41. The van der Waals surface area contributed by atoms with Gasteiger partial charge < -0.3 is 10.2 Å². The minimum Gasteiger partial charge on any atom is -0.351 e. The molecular weight excluding hydrogens is 334 g/mol. The summed E-state index contributed by atoms with van der Waals surface area (Å²) in [5, 5.41) is 2.76. The van der Waals surface area contributed by atoms with E-state index in [-0.39, 0.29) is 5.91 Å². The average molecular weight is 353 g/mol. The summed E-state index contributed by atoms with van der Waals surface area (Å²) in [6, 6.07) is 3.16. The summed E-state index contributed by atoms with van der Waals surface area (Å²) in [6.07, 6.45) is 0. The second kappa shape index (κ2) is 7.06. The molecule has 1 fully saturated rings. The summed E-state index contributed by atoms with van der Waals surface area (Å²) in [5.74, 6) is -0.0369. The number of quaternary nitrogens is 1. The van der Waals surface area contributed by atoms with Crippen molar-refractivity contribution in [3.63, 3.8) is 0 Å². The van der Waals surface area contributed by atoms with Gasteiger partial charge in [0.25, 0.3) is 10.0 Å². The first-order chi connectivity index (χ1) is 9.89. The molecular formula is C12H19ClN3O3S2+. The molecule has 0 atom stereocenters. The lowest BCUT2D eigenvalue weighted by Crippen LogP contribution is -3.15. The molecule has 0 radical (unpaired) electrons. The van der Waals surface area contributed by atoms with Gasteiger partial charge in [0.1, 0.15) is 4.21 Å². The minimum atomic E-state index is -3.41. The van der Waals surface area contributed by atoms with E-state index in [1.165, 1.54) is 16.1 Å². The SMILES string of the molecule is CC(=O)NCC[NH+]1CCN(S(=O)(=O)c2ccc(Cl)s2)CC1. The number of carbonyl (C=O) groups excluding carboxylic acids is 1. The van der Waals surface area contributed by atoms with Crippen molar-refractivity contribution in [2.24, 2.45) is 0 Å². The number of piperazine rings is 1. The van der Waals surface area contributed by atoms with Crippen molar-refractivity contribution in [1.82, 2.24) is 9.62 Å². The maximum atomic E-state index is 12.4. The molecule has 1 saturated heterocycles. The van der Waals surface area contributed by atoms with Crippen LogP contribution in [0.1, 0.15) is 6.92 Å². The zero-order valence-corrected chi connectivity index (χ0v) is 14.2. The summed E-state index contributed by atoms with van der Waals surface area (Å²) >= 11 is 6.90. The second-order valence-corrected chi connectivity index (χ2v) is 8.83. The van der Waals surface area contributed by atoms with E-state index >= 15 is 0 Å². The van der Waals surface area contributed by atoms with E-state index in [0.717, 1.165) is 31.0 Å². The fourth-order valence-corrected chi connectivity index (χ4v) is 5.35. The van der Waals surface area contributed by atoms with E-state index in [0.29, 0.717) is 28.2 Å². The van der Waals surface area contributed by atoms with Gasteiger partial charge in [0, 0.05) is 6.92 Å². The van der Waals surface area contributed by atoms with Crippen LogP contribution in [-0.4, -0.2) is 57.9 Å². The van der Waals surface area contributed by atoms with Crippen molar-refractivity contribution < 1.29 is 18.1 Å². The van der Waals surface area contributed by atoms with Crippen LogP contribution in [0, 0.1) is 0 Å². The third kappa shape index (κ3) is 4.40. The van der Waals surface area contributed by atoms with Crippen molar-refractivity contribution in [3.8, 4) is 0 Å². The second-order valence-electron chi connectivity index (χ2n) is 4.95. The van der Waals surface area contributed by atoms with Crippen molar-refractivity contribution in [2.75, 3.05) is 39.3 Å². The van der Waals surface area contributed by atoms with Gasteiger partial charge in [-0.2, -0.15) is 4.31 Å². The van der Waals surface area contributed by atoms with Gasteiger partial charge >= 0.3 is 0 Å². The van der Waals surface area contributed by atoms with E-state index in [4.69, 9.17) is 11.6 Å². The third-order valence-electron chi connectivity index (χ3n) is 3.42. The normalized spacial score (nSPS) is 17.8. The van der Waals surface area contributed by atoms with Crippen LogP contribution in [-0.2, 0) is 14.8 Å². The smallest absolute Gasteiger partial charge is 0.253 e. The number of thiophene rings is 1. The maximum absolute atomic E-state index is 12.4. The van der Waals surface area contributed by atoms with Crippen molar-refractivity contribution >= 4 is 38.9 Å². The molecule has 1 aromatic heterocycles. The number of rotatable bonds is 5. The van der Waals surface area contributed by atoms with Gasteiger partial charge in [0.15, 0.2) is 0 Å². The first-order valence-corrected chi connectivity index (χ1v) is 9.36. The third-order valence-corrected chi connectivity index (χ3v) is 7.02. The Kier molecular flexibility index (Phi) is 5.61. The van der Waals surface area contributed by atoms with Gasteiger partial charge in [-0.1, -0.05) is 11.6 Å². The molecule has 118 valence electrons. The number of halogens is 1. The Morgan fingerprint density at radius 3 is 2.62 bits per heavy atom. The number of nitrogens with zero attached hydrogens (tertiary/aromatic N) is 1. The Bertz CT molecular complexity index is 595. The quantitative estimate of drug-likeness (QED) is 0.745. The Morgan fingerprint density at radius 2 is 2.10 bits per heavy atom. The molecule has 6 nitrogen and oxygen atoms in total. The van der Waals surface area contributed by atoms with Gasteiger partial charge in [-0.05, 0) is 12.1 Å². The summed E-state index contributed by atoms with van der Waals surface area (Å²) in [5.41, 5.74) is 0. The van der Waals surface area contributed by atoms with E-state index in [1.807, 2.05) is 0 Å². The predicted molar refractivity (Wildman–Crippen MR) is 82.3 cm³/mol. The largest absolute Gasteiger partial charge is 0.351 e. The number of amides is 1. The highest BCUT2D eigenvalue weighted by molar-refractivity contribution is 7.91. The van der Waals surface area contributed by atoms with E-state index < -0.39 is 10.0 Å². The van der Waals surface area contributed by atoms with Crippen LogP contribution in [0.15, 0.2) is 16.3 Å². The van der Waals surface area contributed by atoms with Crippen LogP contribution >= 0.6 is 22.9 Å².